The van der Waals surface area contributed by atoms with Gasteiger partial charge >= 0.3 is 0 Å². The van der Waals surface area contributed by atoms with Gasteiger partial charge in [0.2, 0.25) is 0 Å². The van der Waals surface area contributed by atoms with E-state index in [9.17, 15) is 10.1 Å². The average molecular weight is 195 g/mol. The van der Waals surface area contributed by atoms with Gasteiger partial charge in [0.1, 0.15) is 0 Å². The number of benzene rings is 1. The van der Waals surface area contributed by atoms with Crippen molar-refractivity contribution in [2.45, 2.75) is 19.9 Å². The quantitative estimate of drug-likeness (QED) is 0.424. The number of nitro benzene ring substituents is 1. The van der Waals surface area contributed by atoms with Crippen molar-refractivity contribution in [3.05, 3.63) is 33.4 Å². The molecule has 14 heavy (non-hydrogen) atoms. The van der Waals surface area contributed by atoms with Crippen LogP contribution >= 0.6 is 0 Å². The SMILES string of the molecule is Cc1c([N+](=O)[O-])ccc(C(C)N)c1N. The molecular weight excluding hydrogens is 182 g/mol. The highest BCUT2D eigenvalue weighted by Gasteiger charge is 2.16. The molecule has 0 heterocycles. The Bertz CT molecular complexity index is 375. The monoisotopic (exact) mass is 195 g/mol. The first-order chi connectivity index (χ1) is 6.45. The van der Waals surface area contributed by atoms with Crippen molar-refractivity contribution in [2.24, 2.45) is 5.73 Å². The maximum Gasteiger partial charge on any atom is 0.274 e. The third-order valence-corrected chi connectivity index (χ3v) is 2.21. The first-order valence-corrected chi connectivity index (χ1v) is 4.24. The van der Waals surface area contributed by atoms with Crippen LogP contribution in [0.5, 0.6) is 0 Å². The van der Waals surface area contributed by atoms with Crippen LogP contribution in [0.15, 0.2) is 12.1 Å². The Morgan fingerprint density at radius 3 is 2.50 bits per heavy atom. The minimum absolute atomic E-state index is 0.0342. The Kier molecular flexibility index (Phi) is 2.71. The summed E-state index contributed by atoms with van der Waals surface area (Å²) in [5.41, 5.74) is 13.1. The Hall–Kier alpha value is -1.62. The first kappa shape index (κ1) is 10.5. The van der Waals surface area contributed by atoms with Gasteiger partial charge in [-0.15, -0.1) is 0 Å². The Labute approximate surface area is 81.9 Å². The maximum absolute atomic E-state index is 10.6. The van der Waals surface area contributed by atoms with E-state index < -0.39 is 4.92 Å². The maximum atomic E-state index is 10.6. The molecule has 0 bridgehead atoms. The van der Waals surface area contributed by atoms with Crippen molar-refractivity contribution in [2.75, 3.05) is 5.73 Å². The topological polar surface area (TPSA) is 95.2 Å². The Morgan fingerprint density at radius 1 is 1.50 bits per heavy atom. The largest absolute Gasteiger partial charge is 0.398 e. The van der Waals surface area contributed by atoms with Crippen molar-refractivity contribution in [3.63, 3.8) is 0 Å². The average Bonchev–Trinajstić information content (AvgIpc) is 2.08. The predicted octanol–water partition coefficient (Wildman–Crippen LogP) is 1.51. The van der Waals surface area contributed by atoms with Crippen LogP contribution in [-0.2, 0) is 0 Å². The normalized spacial score (nSPS) is 12.5. The van der Waals surface area contributed by atoms with Crippen LogP contribution in [0, 0.1) is 17.0 Å². The van der Waals surface area contributed by atoms with Gasteiger partial charge in [-0.2, -0.15) is 0 Å². The van der Waals surface area contributed by atoms with Crippen LogP contribution in [0.1, 0.15) is 24.1 Å². The van der Waals surface area contributed by atoms with E-state index in [-0.39, 0.29) is 11.7 Å². The second kappa shape index (κ2) is 3.63. The molecule has 0 fully saturated rings. The lowest BCUT2D eigenvalue weighted by Crippen LogP contribution is -2.10. The summed E-state index contributed by atoms with van der Waals surface area (Å²) < 4.78 is 0. The summed E-state index contributed by atoms with van der Waals surface area (Å²) in [5.74, 6) is 0. The molecule has 0 aliphatic rings. The fourth-order valence-electron chi connectivity index (χ4n) is 1.33. The van der Waals surface area contributed by atoms with E-state index in [0.29, 0.717) is 11.3 Å². The minimum atomic E-state index is -0.448. The van der Waals surface area contributed by atoms with Crippen molar-refractivity contribution in [1.82, 2.24) is 0 Å². The fraction of sp³-hybridized carbons (Fsp3) is 0.333. The smallest absolute Gasteiger partial charge is 0.274 e. The van der Waals surface area contributed by atoms with E-state index in [0.717, 1.165) is 5.56 Å². The molecule has 0 spiro atoms. The molecule has 0 aliphatic heterocycles. The first-order valence-electron chi connectivity index (χ1n) is 4.24. The van der Waals surface area contributed by atoms with E-state index in [4.69, 9.17) is 11.5 Å². The molecule has 5 heteroatoms. The molecule has 0 radical (unpaired) electrons. The Balaban J connectivity index is 3.33. The van der Waals surface area contributed by atoms with Crippen LogP contribution in [0.25, 0.3) is 0 Å². The number of nitro groups is 1. The summed E-state index contributed by atoms with van der Waals surface area (Å²) in [4.78, 5) is 10.1. The number of hydrogen-bond donors (Lipinski definition) is 2. The van der Waals surface area contributed by atoms with Crippen molar-refractivity contribution < 1.29 is 4.92 Å². The van der Waals surface area contributed by atoms with Crippen LogP contribution < -0.4 is 11.5 Å². The van der Waals surface area contributed by atoms with E-state index in [2.05, 4.69) is 0 Å². The highest BCUT2D eigenvalue weighted by atomic mass is 16.6. The van der Waals surface area contributed by atoms with E-state index in [1.54, 1.807) is 19.9 Å². The fourth-order valence-corrected chi connectivity index (χ4v) is 1.33. The van der Waals surface area contributed by atoms with Gasteiger partial charge in [0.05, 0.1) is 4.92 Å². The predicted molar refractivity (Wildman–Crippen MR) is 54.8 cm³/mol. The third kappa shape index (κ3) is 1.67. The molecule has 1 unspecified atom stereocenters. The number of nitrogen functional groups attached to an aromatic ring is 1. The van der Waals surface area contributed by atoms with Gasteiger partial charge in [0.15, 0.2) is 0 Å². The zero-order chi connectivity index (χ0) is 10.9. The van der Waals surface area contributed by atoms with Gasteiger partial charge < -0.3 is 11.5 Å². The number of nitrogens with zero attached hydrogens (tertiary/aromatic N) is 1. The molecule has 76 valence electrons. The number of nitrogens with two attached hydrogens (primary N) is 2. The lowest BCUT2D eigenvalue weighted by Gasteiger charge is -2.11. The number of anilines is 1. The van der Waals surface area contributed by atoms with Crippen molar-refractivity contribution >= 4 is 11.4 Å². The van der Waals surface area contributed by atoms with Gasteiger partial charge in [-0.05, 0) is 25.5 Å². The highest BCUT2D eigenvalue weighted by Crippen LogP contribution is 2.29. The molecule has 1 atom stereocenters. The van der Waals surface area contributed by atoms with Crippen LogP contribution in [0.3, 0.4) is 0 Å². The minimum Gasteiger partial charge on any atom is -0.398 e. The van der Waals surface area contributed by atoms with Gasteiger partial charge in [-0.25, -0.2) is 0 Å². The lowest BCUT2D eigenvalue weighted by atomic mass is 10.0. The van der Waals surface area contributed by atoms with Crippen molar-refractivity contribution in [1.29, 1.82) is 0 Å². The van der Waals surface area contributed by atoms with Crippen LogP contribution in [-0.4, -0.2) is 4.92 Å². The molecule has 0 aromatic heterocycles. The molecule has 5 nitrogen and oxygen atoms in total. The van der Waals surface area contributed by atoms with Crippen molar-refractivity contribution in [3.8, 4) is 0 Å². The molecule has 1 rings (SSSR count). The highest BCUT2D eigenvalue weighted by molar-refractivity contribution is 5.62. The molecule has 0 aliphatic carbocycles. The third-order valence-electron chi connectivity index (χ3n) is 2.21. The van der Waals surface area contributed by atoms with E-state index in [1.165, 1.54) is 6.07 Å². The van der Waals surface area contributed by atoms with Gasteiger partial charge in [0.25, 0.3) is 5.69 Å². The zero-order valence-corrected chi connectivity index (χ0v) is 8.15. The summed E-state index contributed by atoms with van der Waals surface area (Å²) in [5, 5.41) is 10.6. The molecule has 1 aromatic rings. The standard InChI is InChI=1S/C9H13N3O2/c1-5-8(12(13)14)4-3-7(6(2)10)9(5)11/h3-4,6H,10-11H2,1-2H3. The molecule has 0 saturated carbocycles. The molecule has 1 aromatic carbocycles. The van der Waals surface area contributed by atoms with Gasteiger partial charge in [0, 0.05) is 23.4 Å². The Morgan fingerprint density at radius 2 is 2.07 bits per heavy atom. The molecule has 0 amide bonds. The second-order valence-electron chi connectivity index (χ2n) is 3.26. The summed E-state index contributed by atoms with van der Waals surface area (Å²) in [6.45, 7) is 3.41. The van der Waals surface area contributed by atoms with Gasteiger partial charge in [-0.3, -0.25) is 10.1 Å². The molecule has 4 N–H and O–H groups in total. The van der Waals surface area contributed by atoms with Crippen LogP contribution in [0.4, 0.5) is 11.4 Å². The summed E-state index contributed by atoms with van der Waals surface area (Å²) in [6.07, 6.45) is 0. The number of rotatable bonds is 2. The van der Waals surface area contributed by atoms with E-state index >= 15 is 0 Å². The van der Waals surface area contributed by atoms with E-state index in [1.807, 2.05) is 0 Å². The number of hydrogen-bond acceptors (Lipinski definition) is 4. The second-order valence-corrected chi connectivity index (χ2v) is 3.26. The molecular formula is C9H13N3O2. The summed E-state index contributed by atoms with van der Waals surface area (Å²) in [6, 6.07) is 2.82. The zero-order valence-electron chi connectivity index (χ0n) is 8.15. The molecule has 0 saturated heterocycles. The lowest BCUT2D eigenvalue weighted by molar-refractivity contribution is -0.385. The summed E-state index contributed by atoms with van der Waals surface area (Å²) in [7, 11) is 0. The van der Waals surface area contributed by atoms with Crippen LogP contribution in [0.2, 0.25) is 0 Å². The summed E-state index contributed by atoms with van der Waals surface area (Å²) >= 11 is 0. The van der Waals surface area contributed by atoms with Gasteiger partial charge in [-0.1, -0.05) is 0 Å².